The monoisotopic (exact) mass is 289 g/mol. The molecule has 8 heteroatoms. The van der Waals surface area contributed by atoms with Gasteiger partial charge in [-0.3, -0.25) is 9.78 Å². The number of nitrogens with zero attached hydrogens (tertiary/aromatic N) is 5. The molecule has 1 saturated heterocycles. The molecule has 0 bridgehead atoms. The van der Waals surface area contributed by atoms with Crippen LogP contribution in [0.5, 0.6) is 0 Å². The lowest BCUT2D eigenvalue weighted by Gasteiger charge is -2.32. The first-order valence-corrected chi connectivity index (χ1v) is 7.16. The van der Waals surface area contributed by atoms with Crippen LogP contribution >= 0.6 is 0 Å². The maximum Gasteiger partial charge on any atom is 0.317 e. The van der Waals surface area contributed by atoms with Crippen LogP contribution in [-0.2, 0) is 13.1 Å². The minimum atomic E-state index is -0.0205. The second kappa shape index (κ2) is 6.38. The smallest absolute Gasteiger partial charge is 0.317 e. The van der Waals surface area contributed by atoms with Crippen molar-refractivity contribution < 1.29 is 4.79 Å². The van der Waals surface area contributed by atoms with Crippen molar-refractivity contribution in [1.82, 2.24) is 35.4 Å². The average Bonchev–Trinajstić information content (AvgIpc) is 3.18. The zero-order valence-electron chi connectivity index (χ0n) is 11.8. The Morgan fingerprint density at radius 3 is 3.19 bits per heavy atom. The zero-order chi connectivity index (χ0) is 14.5. The van der Waals surface area contributed by atoms with Gasteiger partial charge in [-0.05, 0) is 24.8 Å². The molecule has 2 N–H and O–H groups in total. The van der Waals surface area contributed by atoms with E-state index in [4.69, 9.17) is 0 Å². The summed E-state index contributed by atoms with van der Waals surface area (Å²) in [6, 6.07) is 1.83. The summed E-state index contributed by atoms with van der Waals surface area (Å²) in [4.78, 5) is 14.1. The Bertz CT molecular complexity index is 551. The molecule has 0 saturated carbocycles. The topological polar surface area (TPSA) is 91.7 Å². The molecule has 1 unspecified atom stereocenters. The van der Waals surface area contributed by atoms with Crippen LogP contribution in [0.2, 0.25) is 0 Å². The predicted octanol–water partition coefficient (Wildman–Crippen LogP) is 0.623. The minimum absolute atomic E-state index is 0.0205. The SMILES string of the molecule is O=C(NCc1ccn[nH]1)N1CCCC(Cn2ccnn2)C1. The van der Waals surface area contributed by atoms with Gasteiger partial charge in [-0.1, -0.05) is 5.21 Å². The lowest BCUT2D eigenvalue weighted by molar-refractivity contribution is 0.157. The average molecular weight is 289 g/mol. The molecule has 0 aromatic carbocycles. The molecule has 0 spiro atoms. The van der Waals surface area contributed by atoms with E-state index in [-0.39, 0.29) is 6.03 Å². The van der Waals surface area contributed by atoms with Gasteiger partial charge in [-0.2, -0.15) is 5.10 Å². The van der Waals surface area contributed by atoms with Gasteiger partial charge in [-0.25, -0.2) is 4.79 Å². The van der Waals surface area contributed by atoms with Crippen LogP contribution in [-0.4, -0.2) is 49.2 Å². The standard InChI is InChI=1S/C13H19N7O/c21-13(14-8-12-3-4-15-17-12)19-6-1-2-11(9-19)10-20-7-5-16-18-20/h3-5,7,11H,1-2,6,8-10H2,(H,14,21)(H,15,17). The van der Waals surface area contributed by atoms with Crippen molar-refractivity contribution in [2.45, 2.75) is 25.9 Å². The van der Waals surface area contributed by atoms with Gasteiger partial charge in [0, 0.05) is 32.0 Å². The third kappa shape index (κ3) is 3.59. The van der Waals surface area contributed by atoms with E-state index < -0.39 is 0 Å². The summed E-state index contributed by atoms with van der Waals surface area (Å²) < 4.78 is 1.83. The molecule has 112 valence electrons. The number of nitrogens with one attached hydrogen (secondary N) is 2. The number of rotatable bonds is 4. The number of urea groups is 1. The van der Waals surface area contributed by atoms with E-state index >= 15 is 0 Å². The first-order valence-electron chi connectivity index (χ1n) is 7.16. The summed E-state index contributed by atoms with van der Waals surface area (Å²) in [7, 11) is 0. The van der Waals surface area contributed by atoms with E-state index in [1.165, 1.54) is 0 Å². The fraction of sp³-hybridized carbons (Fsp3) is 0.538. The second-order valence-corrected chi connectivity index (χ2v) is 5.32. The number of aromatic nitrogens is 5. The Morgan fingerprint density at radius 1 is 1.48 bits per heavy atom. The van der Waals surface area contributed by atoms with Gasteiger partial charge in [0.1, 0.15) is 0 Å². The normalized spacial score (nSPS) is 18.7. The fourth-order valence-electron chi connectivity index (χ4n) is 2.66. The largest absolute Gasteiger partial charge is 0.332 e. The number of carbonyl (C=O) groups excluding carboxylic acids is 1. The molecule has 8 nitrogen and oxygen atoms in total. The maximum atomic E-state index is 12.2. The van der Waals surface area contributed by atoms with Crippen LogP contribution in [0.15, 0.2) is 24.7 Å². The molecule has 1 aliphatic heterocycles. The third-order valence-electron chi connectivity index (χ3n) is 3.71. The summed E-state index contributed by atoms with van der Waals surface area (Å²) in [5.74, 6) is 0.429. The molecule has 0 aliphatic carbocycles. The van der Waals surface area contributed by atoms with Crippen molar-refractivity contribution in [3.05, 3.63) is 30.4 Å². The van der Waals surface area contributed by atoms with Gasteiger partial charge < -0.3 is 10.2 Å². The highest BCUT2D eigenvalue weighted by Crippen LogP contribution is 2.18. The molecule has 1 aliphatic rings. The molecule has 2 aromatic heterocycles. The molecule has 1 atom stereocenters. The van der Waals surface area contributed by atoms with E-state index in [1.807, 2.05) is 21.8 Å². The van der Waals surface area contributed by atoms with Gasteiger partial charge in [0.15, 0.2) is 0 Å². The van der Waals surface area contributed by atoms with Crippen molar-refractivity contribution in [3.8, 4) is 0 Å². The number of likely N-dealkylation sites (tertiary alicyclic amines) is 1. The number of aromatic amines is 1. The summed E-state index contributed by atoms with van der Waals surface area (Å²) in [5.41, 5.74) is 0.902. The summed E-state index contributed by atoms with van der Waals surface area (Å²) in [5, 5.41) is 17.4. The molecule has 2 amide bonds. The Hall–Kier alpha value is -2.38. The lowest BCUT2D eigenvalue weighted by atomic mass is 9.98. The Labute approximate surface area is 122 Å². The summed E-state index contributed by atoms with van der Waals surface area (Å²) in [6.07, 6.45) is 7.35. The van der Waals surface area contributed by atoms with E-state index in [0.29, 0.717) is 12.5 Å². The third-order valence-corrected chi connectivity index (χ3v) is 3.71. The highest BCUT2D eigenvalue weighted by atomic mass is 16.2. The number of piperidine rings is 1. The van der Waals surface area contributed by atoms with E-state index in [0.717, 1.165) is 38.2 Å². The first kappa shape index (κ1) is 13.6. The minimum Gasteiger partial charge on any atom is -0.332 e. The Kier molecular flexibility index (Phi) is 4.13. The molecular formula is C13H19N7O. The molecule has 3 heterocycles. The zero-order valence-corrected chi connectivity index (χ0v) is 11.8. The van der Waals surface area contributed by atoms with Gasteiger partial charge in [0.05, 0.1) is 18.4 Å². The van der Waals surface area contributed by atoms with E-state index in [2.05, 4.69) is 25.8 Å². The highest BCUT2D eigenvalue weighted by molar-refractivity contribution is 5.74. The number of carbonyl (C=O) groups is 1. The number of hydrogen-bond donors (Lipinski definition) is 2. The number of H-pyrrole nitrogens is 1. The number of amides is 2. The first-order chi connectivity index (χ1) is 10.3. The van der Waals surface area contributed by atoms with Crippen LogP contribution in [0.25, 0.3) is 0 Å². The van der Waals surface area contributed by atoms with Crippen LogP contribution in [0, 0.1) is 5.92 Å². The van der Waals surface area contributed by atoms with Crippen LogP contribution in [0.1, 0.15) is 18.5 Å². The molecule has 0 radical (unpaired) electrons. The summed E-state index contributed by atoms with van der Waals surface area (Å²) in [6.45, 7) is 2.85. The van der Waals surface area contributed by atoms with Gasteiger partial charge in [0.2, 0.25) is 0 Å². The fourth-order valence-corrected chi connectivity index (χ4v) is 2.66. The molecule has 1 fully saturated rings. The van der Waals surface area contributed by atoms with Gasteiger partial charge >= 0.3 is 6.03 Å². The van der Waals surface area contributed by atoms with Crippen molar-refractivity contribution in [1.29, 1.82) is 0 Å². The Morgan fingerprint density at radius 2 is 2.43 bits per heavy atom. The molecule has 21 heavy (non-hydrogen) atoms. The van der Waals surface area contributed by atoms with Crippen molar-refractivity contribution in [2.24, 2.45) is 5.92 Å². The van der Waals surface area contributed by atoms with Gasteiger partial charge in [0.25, 0.3) is 0 Å². The van der Waals surface area contributed by atoms with Crippen LogP contribution in [0.4, 0.5) is 4.79 Å². The highest BCUT2D eigenvalue weighted by Gasteiger charge is 2.24. The van der Waals surface area contributed by atoms with Crippen molar-refractivity contribution >= 4 is 6.03 Å². The van der Waals surface area contributed by atoms with Crippen molar-refractivity contribution in [3.63, 3.8) is 0 Å². The van der Waals surface area contributed by atoms with E-state index in [9.17, 15) is 4.79 Å². The lowest BCUT2D eigenvalue weighted by Crippen LogP contribution is -2.46. The predicted molar refractivity (Wildman–Crippen MR) is 75.1 cm³/mol. The number of hydrogen-bond acceptors (Lipinski definition) is 4. The van der Waals surface area contributed by atoms with Crippen molar-refractivity contribution in [2.75, 3.05) is 13.1 Å². The molecule has 3 rings (SSSR count). The quantitative estimate of drug-likeness (QED) is 0.863. The van der Waals surface area contributed by atoms with Crippen LogP contribution in [0.3, 0.4) is 0 Å². The molecule has 2 aromatic rings. The summed E-state index contributed by atoms with van der Waals surface area (Å²) >= 11 is 0. The molecular weight excluding hydrogens is 270 g/mol. The second-order valence-electron chi connectivity index (χ2n) is 5.32. The van der Waals surface area contributed by atoms with Crippen LogP contribution < -0.4 is 5.32 Å². The van der Waals surface area contributed by atoms with E-state index in [1.54, 1.807) is 12.4 Å². The maximum absolute atomic E-state index is 12.2. The Balaban J connectivity index is 1.49. The van der Waals surface area contributed by atoms with Gasteiger partial charge in [-0.15, -0.1) is 5.10 Å².